The first-order valence-corrected chi connectivity index (χ1v) is 41.8. The second-order valence-corrected chi connectivity index (χ2v) is 31.3. The highest BCUT2D eigenvalue weighted by molar-refractivity contribution is 8.13. The van der Waals surface area contributed by atoms with Crippen molar-refractivity contribution in [1.29, 1.82) is 0 Å². The van der Waals surface area contributed by atoms with Crippen molar-refractivity contribution in [2.75, 3.05) is 6.26 Å². The second kappa shape index (κ2) is 59.4. The predicted molar refractivity (Wildman–Crippen MR) is 484 cm³/mol. The van der Waals surface area contributed by atoms with Crippen molar-refractivity contribution in [3.8, 4) is 0 Å². The van der Waals surface area contributed by atoms with Crippen LogP contribution in [0.1, 0.15) is 212 Å². The summed E-state index contributed by atoms with van der Waals surface area (Å²) in [6.07, 6.45) is 2.72. The number of carbonyl (C=O) groups is 21. The lowest BCUT2D eigenvalue weighted by Crippen LogP contribution is -2.32. The van der Waals surface area contributed by atoms with Crippen LogP contribution in [-0.2, 0) is 112 Å². The molecule has 0 aliphatic rings. The molecule has 8 unspecified atom stereocenters. The molecule has 0 bridgehead atoms. The third kappa shape index (κ3) is 46.7. The van der Waals surface area contributed by atoms with Gasteiger partial charge in [-0.2, -0.15) is 0 Å². The summed E-state index contributed by atoms with van der Waals surface area (Å²) >= 11 is 1.02. The quantitative estimate of drug-likeness (QED) is 0.0133. The van der Waals surface area contributed by atoms with Gasteiger partial charge in [0, 0.05) is 51.3 Å². The van der Waals surface area contributed by atoms with Crippen LogP contribution in [0, 0.1) is 11.8 Å². The highest BCUT2D eigenvalue weighted by atomic mass is 32.2. The van der Waals surface area contributed by atoms with Gasteiger partial charge in [-0.15, -0.1) is 0 Å². The van der Waals surface area contributed by atoms with E-state index in [-0.39, 0.29) is 170 Å². The maximum absolute atomic E-state index is 11.9. The lowest BCUT2D eigenvalue weighted by molar-refractivity contribution is -0.139. The summed E-state index contributed by atoms with van der Waals surface area (Å²) in [5.41, 5.74) is 46.2. The van der Waals surface area contributed by atoms with Gasteiger partial charge in [-0.05, 0) is 125 Å². The molecule has 0 heterocycles. The largest absolute Gasteiger partial charge is 0.480 e. The van der Waals surface area contributed by atoms with Gasteiger partial charge >= 0.3 is 41.8 Å². The van der Waals surface area contributed by atoms with Crippen LogP contribution in [0.3, 0.4) is 0 Å². The van der Waals surface area contributed by atoms with Crippen LogP contribution in [-0.4, -0.2) is 206 Å². The number of aliphatic carboxylic acids is 7. The maximum Gasteiger partial charge on any atom is 0.320 e. The van der Waals surface area contributed by atoms with Crippen LogP contribution in [0.2, 0.25) is 0 Å². The summed E-state index contributed by atoms with van der Waals surface area (Å²) in [7, 11) is 0. The van der Waals surface area contributed by atoms with Crippen LogP contribution < -0.4 is 40.1 Å². The number of benzene rings is 7. The zero-order valence-electron chi connectivity index (χ0n) is 73.9. The summed E-state index contributed by atoms with van der Waals surface area (Å²) in [5.74, 6) is -10.8. The first-order valence-electron chi connectivity index (χ1n) is 40.6. The van der Waals surface area contributed by atoms with Crippen LogP contribution in [0.4, 0.5) is 0 Å². The van der Waals surface area contributed by atoms with E-state index in [1.165, 1.54) is 27.7 Å². The number of carbonyl (C=O) groups excluding carboxylic acids is 14. The van der Waals surface area contributed by atoms with Gasteiger partial charge in [0.05, 0.1) is 44.4 Å². The average Bonchev–Trinajstić information content (AvgIpc) is 0.957. The molecule has 21 N–H and O–H groups in total. The number of nitrogens with two attached hydrogens (primary N) is 7. The van der Waals surface area contributed by atoms with Crippen molar-refractivity contribution in [2.24, 2.45) is 52.0 Å². The van der Waals surface area contributed by atoms with E-state index in [0.29, 0.717) is 45.4 Å². The van der Waals surface area contributed by atoms with E-state index >= 15 is 0 Å². The fourth-order valence-corrected chi connectivity index (χ4v) is 11.0. The van der Waals surface area contributed by atoms with E-state index in [9.17, 15) is 101 Å². The summed E-state index contributed by atoms with van der Waals surface area (Å²) in [4.78, 5) is 234. The standard InChI is InChI=1S/C15H19NO4.2C14H17NO4.C13H15NO4S.3C13H15NO4/c1-9(2)13(17)8-14(18)11-5-3-10(4-6-11)7-12(16)15(19)20;1-8(9(2)16)13(17)11-5-3-10(4-6-11)7-12(15)14(18)19;1-2-11(16)8-13(17)10-5-3-9(4-6-10)7-12(15)14(18)19;1-19-12(16)7-11(15)9-4-2-8(3-5-9)6-10(14)13(17)18;3*1-8(15)6-12(16)10-4-2-9(3-5-10)7-11(14)13(17)18/h3-6,9,12H,7-8,16H2,1-2H3,(H,19,20);3-6,8,12H,7,15H2,1-2H3,(H,18,19);3-6,12H,2,7-8,15H2,1H3,(H,18,19);2-5,10H,6-7,14H2,1H3,(H,17,18);3*2-5,11H,6-7,14H2,1H3,(H,17,18). The Labute approximate surface area is 760 Å². The number of hydrogen-bond donors (Lipinski definition) is 14. The van der Waals surface area contributed by atoms with E-state index in [1.807, 2.05) is 0 Å². The molecule has 702 valence electrons. The zero-order chi connectivity index (χ0) is 99.8. The van der Waals surface area contributed by atoms with Gasteiger partial charge in [-0.3, -0.25) is 101 Å². The van der Waals surface area contributed by atoms with E-state index in [0.717, 1.165) is 50.7 Å². The summed E-state index contributed by atoms with van der Waals surface area (Å²) in [6, 6.07) is 38.6. The summed E-state index contributed by atoms with van der Waals surface area (Å²) in [5, 5.41) is 60.6. The van der Waals surface area contributed by atoms with Crippen LogP contribution in [0.15, 0.2) is 170 Å². The Morgan fingerprint density at radius 3 is 0.603 bits per heavy atom. The van der Waals surface area contributed by atoms with Gasteiger partial charge in [0.15, 0.2) is 45.6 Å². The van der Waals surface area contributed by atoms with Gasteiger partial charge < -0.3 is 75.9 Å². The molecule has 0 aliphatic heterocycles. The van der Waals surface area contributed by atoms with Gasteiger partial charge in [0.1, 0.15) is 77.0 Å². The Balaban J connectivity index is 0.000000764. The Bertz CT molecular complexity index is 4850. The lowest BCUT2D eigenvalue weighted by atomic mass is 9.95. The molecule has 131 heavy (non-hydrogen) atoms. The molecule has 7 aromatic carbocycles. The van der Waals surface area contributed by atoms with Crippen LogP contribution >= 0.6 is 11.8 Å². The Hall–Kier alpha value is -13.7. The maximum atomic E-state index is 11.9. The minimum atomic E-state index is -1.06. The van der Waals surface area contributed by atoms with Crippen LogP contribution in [0.5, 0.6) is 0 Å². The average molecular weight is 1830 g/mol. The number of carboxylic acid groups (broad SMARTS) is 7. The van der Waals surface area contributed by atoms with E-state index in [4.69, 9.17) is 75.9 Å². The van der Waals surface area contributed by atoms with Crippen molar-refractivity contribution >= 4 is 134 Å². The monoisotopic (exact) mass is 1830 g/mol. The third-order valence-corrected chi connectivity index (χ3v) is 19.4. The summed E-state index contributed by atoms with van der Waals surface area (Å²) < 4.78 is 0. The molecule has 8 atom stereocenters. The SMILES string of the molecule is CC(=O)C(C)C(=O)c1ccc(CC(N)C(=O)O)cc1.CC(=O)CC(=O)c1ccc(CC(N)C(=O)O)cc1.CC(=O)CC(=O)c1ccc(CC(N)C(=O)O)cc1.CC(=O)CC(=O)c1ccc(CC(N)C(=O)O)cc1.CC(C)C(=O)CC(=O)c1ccc(CC(N)C(=O)O)cc1.CCC(=O)CC(=O)c1ccc(CC(N)C(=O)O)cc1.CSC(=O)CC(=O)c1ccc(CC(N)C(=O)O)cc1. The van der Waals surface area contributed by atoms with Crippen molar-refractivity contribution in [3.05, 3.63) is 248 Å². The topological polar surface area (TPSA) is 682 Å². The predicted octanol–water partition coefficient (Wildman–Crippen LogP) is 7.19. The first kappa shape index (κ1) is 115. The van der Waals surface area contributed by atoms with Crippen molar-refractivity contribution in [2.45, 2.75) is 188 Å². The number of rotatable bonds is 44. The molecular formula is C95H113N7O28S. The number of hydrogen-bond acceptors (Lipinski definition) is 29. The second-order valence-electron chi connectivity index (χ2n) is 30.4. The molecule has 7 aromatic rings. The van der Waals surface area contributed by atoms with Crippen molar-refractivity contribution in [1.82, 2.24) is 0 Å². The molecule has 0 spiro atoms. The highest BCUT2D eigenvalue weighted by Crippen LogP contribution is 2.19. The third-order valence-electron chi connectivity index (χ3n) is 18.8. The number of carboxylic acids is 7. The van der Waals surface area contributed by atoms with Crippen molar-refractivity contribution in [3.63, 3.8) is 0 Å². The lowest BCUT2D eigenvalue weighted by Gasteiger charge is -2.09. The molecule has 0 saturated heterocycles. The molecular weight excluding hydrogens is 1720 g/mol. The van der Waals surface area contributed by atoms with Gasteiger partial charge in [-0.25, -0.2) is 0 Å². The first-order chi connectivity index (χ1) is 61.2. The van der Waals surface area contributed by atoms with Gasteiger partial charge in [0.2, 0.25) is 0 Å². The smallest absolute Gasteiger partial charge is 0.320 e. The van der Waals surface area contributed by atoms with E-state index in [2.05, 4.69) is 0 Å². The molecule has 0 aliphatic carbocycles. The fourth-order valence-electron chi connectivity index (χ4n) is 10.7. The Morgan fingerprint density at radius 1 is 0.267 bits per heavy atom. The van der Waals surface area contributed by atoms with Gasteiger partial charge in [-0.1, -0.05) is 202 Å². The number of Topliss-reactive ketones (excluding diaryl/α,β-unsaturated/α-hetero) is 13. The van der Waals surface area contributed by atoms with Gasteiger partial charge in [0.25, 0.3) is 0 Å². The fraction of sp³-hybridized carbons (Fsp3) is 0.337. The Morgan fingerprint density at radius 2 is 0.443 bits per heavy atom. The van der Waals surface area contributed by atoms with Crippen LogP contribution in [0.25, 0.3) is 0 Å². The molecule has 35 nitrogen and oxygen atoms in total. The molecule has 7 rings (SSSR count). The Kier molecular flexibility index (Phi) is 52.3. The normalized spacial score (nSPS) is 12.2. The minimum Gasteiger partial charge on any atom is -0.480 e. The molecule has 36 heteroatoms. The van der Waals surface area contributed by atoms with E-state index < -0.39 is 90.0 Å². The molecule has 0 saturated carbocycles. The molecule has 0 radical (unpaired) electrons. The molecule has 0 fully saturated rings. The molecule has 0 amide bonds. The highest BCUT2D eigenvalue weighted by Gasteiger charge is 2.24. The minimum absolute atomic E-state index is 0.0908. The number of ketones is 13. The number of thioether (sulfide) groups is 1. The van der Waals surface area contributed by atoms with E-state index in [1.54, 1.807) is 204 Å². The molecule has 0 aromatic heterocycles. The summed E-state index contributed by atoms with van der Waals surface area (Å²) in [6.45, 7) is 12.3. The zero-order valence-corrected chi connectivity index (χ0v) is 74.7. The van der Waals surface area contributed by atoms with Crippen molar-refractivity contribution < 1.29 is 136 Å².